The third-order valence-electron chi connectivity index (χ3n) is 4.44. The average molecular weight is 419 g/mol. The third-order valence-corrected chi connectivity index (χ3v) is 9.79. The van der Waals surface area contributed by atoms with E-state index in [1.54, 1.807) is 11.1 Å². The van der Waals surface area contributed by atoms with Gasteiger partial charge in [-0.3, -0.25) is 0 Å². The first-order valence-corrected chi connectivity index (χ1v) is 11.4. The van der Waals surface area contributed by atoms with E-state index in [2.05, 4.69) is 85.2 Å². The number of benzene rings is 2. The predicted molar refractivity (Wildman–Crippen MR) is 112 cm³/mol. The van der Waals surface area contributed by atoms with Crippen LogP contribution in [0, 0.1) is 0 Å². The summed E-state index contributed by atoms with van der Waals surface area (Å²) < 4.78 is 6.71. The monoisotopic (exact) mass is 418 g/mol. The van der Waals surface area contributed by atoms with Crippen LogP contribution >= 0.6 is 15.9 Å². The summed E-state index contributed by atoms with van der Waals surface area (Å²) in [6, 6.07) is 21.1. The molecule has 2 aromatic rings. The van der Waals surface area contributed by atoms with E-state index >= 15 is 0 Å². The largest absolute Gasteiger partial charge is 0.407 e. The van der Waals surface area contributed by atoms with Crippen molar-refractivity contribution in [3.8, 4) is 0 Å². The second-order valence-corrected chi connectivity index (χ2v) is 12.0. The van der Waals surface area contributed by atoms with Gasteiger partial charge in [0.2, 0.25) is 0 Å². The van der Waals surface area contributed by atoms with E-state index < -0.39 is 14.4 Å². The molecular weight excluding hydrogens is 392 g/mol. The van der Waals surface area contributed by atoms with E-state index in [9.17, 15) is 5.11 Å². The molecule has 0 saturated carbocycles. The van der Waals surface area contributed by atoms with Crippen molar-refractivity contribution in [3.63, 3.8) is 0 Å². The summed E-state index contributed by atoms with van der Waals surface area (Å²) in [6.45, 7) is 7.29. The Morgan fingerprint density at radius 3 is 1.88 bits per heavy atom. The Hall–Kier alpha value is -1.20. The number of hydrogen-bond acceptors (Lipinski definition) is 2. The molecule has 0 saturated heterocycles. The average Bonchev–Trinajstić information content (AvgIpc) is 2.59. The van der Waals surface area contributed by atoms with Crippen molar-refractivity contribution in [1.82, 2.24) is 0 Å². The lowest BCUT2D eigenvalue weighted by molar-refractivity contribution is 0.174. The highest BCUT2D eigenvalue weighted by Crippen LogP contribution is 2.36. The van der Waals surface area contributed by atoms with Crippen LogP contribution in [-0.4, -0.2) is 26.1 Å². The highest BCUT2D eigenvalue weighted by Gasteiger charge is 2.49. The summed E-state index contributed by atoms with van der Waals surface area (Å²) in [5.74, 6) is 0. The highest BCUT2D eigenvalue weighted by molar-refractivity contribution is 9.11. The molecule has 0 radical (unpaired) electrons. The molecule has 2 nitrogen and oxygen atoms in total. The Balaban J connectivity index is 2.46. The van der Waals surface area contributed by atoms with Crippen LogP contribution in [0.3, 0.4) is 0 Å². The van der Waals surface area contributed by atoms with Gasteiger partial charge in [0.1, 0.15) is 0 Å². The van der Waals surface area contributed by atoms with Gasteiger partial charge in [0, 0.05) is 6.61 Å². The number of aliphatic hydroxyl groups is 1. The predicted octanol–water partition coefficient (Wildman–Crippen LogP) is 4.22. The van der Waals surface area contributed by atoms with Crippen LogP contribution in [0.25, 0.3) is 0 Å². The van der Waals surface area contributed by atoms with Gasteiger partial charge in [-0.25, -0.2) is 0 Å². The van der Waals surface area contributed by atoms with Gasteiger partial charge < -0.3 is 9.53 Å². The van der Waals surface area contributed by atoms with Gasteiger partial charge in [-0.2, -0.15) is 0 Å². The Morgan fingerprint density at radius 1 is 1.00 bits per heavy atom. The number of rotatable bonds is 7. The molecule has 0 aliphatic rings. The summed E-state index contributed by atoms with van der Waals surface area (Å²) in [4.78, 5) is 1.69. The molecule has 2 rings (SSSR count). The van der Waals surface area contributed by atoms with Gasteiger partial charge in [-0.1, -0.05) is 97.4 Å². The fourth-order valence-corrected chi connectivity index (χ4v) is 8.21. The first kappa shape index (κ1) is 20.1. The standard InChI is InChI=1S/C21H27BrO2Si/c1-21(2,3)25(19-10-6-4-7-11-19,20-12-8-5-9-13-20)24-17-15-18(23)14-16-22/h4-14,16,18,23H,15,17H2,1-3H3/b16-14-/t18-/m1/s1. The van der Waals surface area contributed by atoms with Crippen molar-refractivity contribution >= 4 is 34.6 Å². The van der Waals surface area contributed by atoms with Gasteiger partial charge in [-0.15, -0.1) is 0 Å². The quantitative estimate of drug-likeness (QED) is 0.681. The van der Waals surface area contributed by atoms with Crippen LogP contribution in [0.2, 0.25) is 5.04 Å². The molecule has 1 atom stereocenters. The Kier molecular flexibility index (Phi) is 7.20. The highest BCUT2D eigenvalue weighted by atomic mass is 79.9. The maximum atomic E-state index is 10.0. The maximum Gasteiger partial charge on any atom is 0.261 e. The van der Waals surface area contributed by atoms with Crippen LogP contribution in [0.4, 0.5) is 0 Å². The van der Waals surface area contributed by atoms with Crippen molar-refractivity contribution in [2.75, 3.05) is 6.61 Å². The lowest BCUT2D eigenvalue weighted by atomic mass is 10.2. The zero-order valence-corrected chi connectivity index (χ0v) is 17.7. The molecule has 0 spiro atoms. The van der Waals surface area contributed by atoms with Crippen LogP contribution < -0.4 is 10.4 Å². The van der Waals surface area contributed by atoms with Crippen LogP contribution in [0.1, 0.15) is 27.2 Å². The van der Waals surface area contributed by atoms with Crippen LogP contribution in [0.5, 0.6) is 0 Å². The minimum absolute atomic E-state index is 0.0358. The summed E-state index contributed by atoms with van der Waals surface area (Å²) >= 11 is 3.21. The van der Waals surface area contributed by atoms with E-state index in [0.29, 0.717) is 13.0 Å². The second-order valence-electron chi connectivity index (χ2n) is 7.19. The van der Waals surface area contributed by atoms with Gasteiger partial charge in [-0.05, 0) is 32.9 Å². The molecule has 0 amide bonds. The normalized spacial score (nSPS) is 14.0. The summed E-state index contributed by atoms with van der Waals surface area (Å²) in [5.41, 5.74) is 0. The molecule has 25 heavy (non-hydrogen) atoms. The summed E-state index contributed by atoms with van der Waals surface area (Å²) in [7, 11) is -2.49. The zero-order chi connectivity index (χ0) is 18.3. The molecule has 0 aliphatic carbocycles. The zero-order valence-electron chi connectivity index (χ0n) is 15.2. The molecule has 0 heterocycles. The Morgan fingerprint density at radius 2 is 1.48 bits per heavy atom. The van der Waals surface area contributed by atoms with E-state index in [1.165, 1.54) is 10.4 Å². The van der Waals surface area contributed by atoms with Crippen molar-refractivity contribution in [2.24, 2.45) is 0 Å². The number of halogens is 1. The molecule has 0 unspecified atom stereocenters. The van der Waals surface area contributed by atoms with Crippen molar-refractivity contribution in [1.29, 1.82) is 0 Å². The molecule has 1 N–H and O–H groups in total. The van der Waals surface area contributed by atoms with Gasteiger partial charge in [0.25, 0.3) is 8.32 Å². The van der Waals surface area contributed by atoms with Gasteiger partial charge in [0.15, 0.2) is 0 Å². The SMILES string of the molecule is CC(C)(C)[Si](OCC[C@H](O)/C=C\Br)(c1ccccc1)c1ccccc1. The Bertz CT molecular complexity index is 626. The molecule has 0 aliphatic heterocycles. The lowest BCUT2D eigenvalue weighted by Gasteiger charge is -2.43. The Labute approximate surface area is 160 Å². The fourth-order valence-electron chi connectivity index (χ4n) is 3.27. The molecule has 2 aromatic carbocycles. The molecule has 4 heteroatoms. The van der Waals surface area contributed by atoms with E-state index in [4.69, 9.17) is 4.43 Å². The van der Waals surface area contributed by atoms with Crippen LogP contribution in [0.15, 0.2) is 71.7 Å². The molecule has 0 bridgehead atoms. The smallest absolute Gasteiger partial charge is 0.261 e. The number of aliphatic hydroxyl groups excluding tert-OH is 1. The summed E-state index contributed by atoms with van der Waals surface area (Å²) in [5, 5.41) is 12.5. The first-order valence-electron chi connectivity index (χ1n) is 8.62. The van der Waals surface area contributed by atoms with Gasteiger partial charge >= 0.3 is 0 Å². The third kappa shape index (κ3) is 4.70. The molecular formula is C21H27BrO2Si. The number of hydrogen-bond donors (Lipinski definition) is 1. The minimum Gasteiger partial charge on any atom is -0.407 e. The lowest BCUT2D eigenvalue weighted by Crippen LogP contribution is -2.66. The fraction of sp³-hybridized carbons (Fsp3) is 0.333. The van der Waals surface area contributed by atoms with E-state index in [1.807, 2.05) is 12.1 Å². The first-order chi connectivity index (χ1) is 11.9. The van der Waals surface area contributed by atoms with Crippen molar-refractivity contribution in [2.45, 2.75) is 38.3 Å². The van der Waals surface area contributed by atoms with Gasteiger partial charge in [0.05, 0.1) is 6.10 Å². The summed E-state index contributed by atoms with van der Waals surface area (Å²) in [6.07, 6.45) is 1.80. The second kappa shape index (κ2) is 8.95. The molecule has 0 aromatic heterocycles. The van der Waals surface area contributed by atoms with Crippen molar-refractivity contribution < 1.29 is 9.53 Å². The van der Waals surface area contributed by atoms with E-state index in [0.717, 1.165) is 0 Å². The molecule has 0 fully saturated rings. The van der Waals surface area contributed by atoms with E-state index in [-0.39, 0.29) is 5.04 Å². The van der Waals surface area contributed by atoms with Crippen LogP contribution in [-0.2, 0) is 4.43 Å². The van der Waals surface area contributed by atoms with Crippen molar-refractivity contribution in [3.05, 3.63) is 71.7 Å². The topological polar surface area (TPSA) is 29.5 Å². The molecule has 134 valence electrons. The maximum absolute atomic E-state index is 10.0. The minimum atomic E-state index is -2.49.